The first kappa shape index (κ1) is 20.8. The highest BCUT2D eigenvalue weighted by molar-refractivity contribution is 6.04. The Balaban J connectivity index is 1.23. The number of piperidine rings is 1. The molecule has 2 fully saturated rings. The average Bonchev–Trinajstić information content (AvgIpc) is 3.31. The molecule has 1 aliphatic heterocycles. The molecule has 1 saturated carbocycles. The van der Waals surface area contributed by atoms with Gasteiger partial charge >= 0.3 is 0 Å². The molecule has 2 amide bonds. The Morgan fingerprint density at radius 3 is 2.58 bits per heavy atom. The van der Waals surface area contributed by atoms with Crippen LogP contribution < -0.4 is 15.5 Å². The molecular formula is C24H23N5O4. The molecule has 3 heterocycles. The van der Waals surface area contributed by atoms with Crippen molar-refractivity contribution >= 4 is 23.4 Å². The molecule has 3 aromatic rings. The number of anilines is 2. The molecule has 9 nitrogen and oxygen atoms in total. The topological polar surface area (TPSA) is 124 Å². The van der Waals surface area contributed by atoms with Crippen LogP contribution >= 0.6 is 0 Å². The van der Waals surface area contributed by atoms with Gasteiger partial charge in [0.05, 0.1) is 17.5 Å². The van der Waals surface area contributed by atoms with Crippen molar-refractivity contribution in [3.05, 3.63) is 53.9 Å². The van der Waals surface area contributed by atoms with Crippen molar-refractivity contribution in [2.45, 2.75) is 31.7 Å². The van der Waals surface area contributed by atoms with Crippen LogP contribution in [0.25, 0.3) is 11.7 Å². The number of furan rings is 1. The first-order valence-corrected chi connectivity index (χ1v) is 11.0. The van der Waals surface area contributed by atoms with Gasteiger partial charge in [-0.3, -0.25) is 9.59 Å². The minimum atomic E-state index is -0.209. The van der Waals surface area contributed by atoms with Gasteiger partial charge in [-0.1, -0.05) is 12.1 Å². The smallest absolute Gasteiger partial charge is 0.266 e. The Morgan fingerprint density at radius 2 is 1.88 bits per heavy atom. The summed E-state index contributed by atoms with van der Waals surface area (Å²) < 4.78 is 11.1. The number of nitrogens with one attached hydrogen (secondary N) is 2. The number of carbonyl (C=O) groups excluding carboxylic acids is 2. The van der Waals surface area contributed by atoms with Gasteiger partial charge in [0.15, 0.2) is 5.76 Å². The van der Waals surface area contributed by atoms with Gasteiger partial charge in [0.2, 0.25) is 17.5 Å². The van der Waals surface area contributed by atoms with Crippen molar-refractivity contribution in [2.75, 3.05) is 23.3 Å². The van der Waals surface area contributed by atoms with Crippen LogP contribution in [0.1, 0.15) is 41.7 Å². The zero-order valence-electron chi connectivity index (χ0n) is 17.9. The van der Waals surface area contributed by atoms with Crippen molar-refractivity contribution in [2.24, 2.45) is 5.92 Å². The number of oxazole rings is 1. The lowest BCUT2D eigenvalue weighted by molar-refractivity contribution is -0.120. The van der Waals surface area contributed by atoms with Crippen LogP contribution in [0.3, 0.4) is 0 Å². The Hall–Kier alpha value is -4.06. The summed E-state index contributed by atoms with van der Waals surface area (Å²) in [7, 11) is 0. The number of carbonyl (C=O) groups is 2. The van der Waals surface area contributed by atoms with Crippen LogP contribution in [-0.2, 0) is 4.79 Å². The summed E-state index contributed by atoms with van der Waals surface area (Å²) in [6.45, 7) is 1.09. The molecule has 2 aliphatic rings. The molecule has 168 valence electrons. The third kappa shape index (κ3) is 4.46. The summed E-state index contributed by atoms with van der Waals surface area (Å²) in [5, 5.41) is 15.4. The third-order valence-corrected chi connectivity index (χ3v) is 5.94. The van der Waals surface area contributed by atoms with Crippen LogP contribution in [0.15, 0.2) is 51.5 Å². The molecule has 33 heavy (non-hydrogen) atoms. The number of benzene rings is 1. The summed E-state index contributed by atoms with van der Waals surface area (Å²) in [5.41, 5.74) is 1.19. The predicted octanol–water partition coefficient (Wildman–Crippen LogP) is 3.55. The van der Waals surface area contributed by atoms with Gasteiger partial charge in [-0.2, -0.15) is 10.2 Å². The number of aromatic nitrogens is 1. The maximum Gasteiger partial charge on any atom is 0.266 e. The zero-order valence-corrected chi connectivity index (χ0v) is 17.9. The molecule has 1 aliphatic carbocycles. The number of rotatable bonds is 6. The van der Waals surface area contributed by atoms with E-state index in [9.17, 15) is 14.9 Å². The highest BCUT2D eigenvalue weighted by Gasteiger charge is 2.30. The molecule has 9 heteroatoms. The summed E-state index contributed by atoms with van der Waals surface area (Å²) >= 11 is 0. The maximum atomic E-state index is 12.9. The molecular weight excluding hydrogens is 422 g/mol. The van der Waals surface area contributed by atoms with Gasteiger partial charge in [-0.15, -0.1) is 0 Å². The van der Waals surface area contributed by atoms with E-state index in [1.807, 2.05) is 4.90 Å². The molecule has 0 radical (unpaired) electrons. The van der Waals surface area contributed by atoms with Gasteiger partial charge in [-0.25, -0.2) is 0 Å². The van der Waals surface area contributed by atoms with E-state index in [1.54, 1.807) is 36.4 Å². The first-order valence-electron chi connectivity index (χ1n) is 11.0. The number of nitriles is 1. The second-order valence-electron chi connectivity index (χ2n) is 8.31. The highest BCUT2D eigenvalue weighted by atomic mass is 16.4. The third-order valence-electron chi connectivity index (χ3n) is 5.94. The van der Waals surface area contributed by atoms with Crippen molar-refractivity contribution in [1.29, 1.82) is 5.26 Å². The van der Waals surface area contributed by atoms with Crippen LogP contribution in [0, 0.1) is 17.2 Å². The molecule has 2 N–H and O–H groups in total. The lowest BCUT2D eigenvalue weighted by atomic mass is 9.95. The fourth-order valence-electron chi connectivity index (χ4n) is 3.97. The molecule has 0 bridgehead atoms. The van der Waals surface area contributed by atoms with Gasteiger partial charge < -0.3 is 24.4 Å². The number of hydrogen-bond acceptors (Lipinski definition) is 7. The summed E-state index contributed by atoms with van der Waals surface area (Å²) in [6.07, 6.45) is 4.69. The fraction of sp³-hybridized carbons (Fsp3) is 0.333. The standard InChI is InChI=1S/C24H23N5O4/c25-14-19-24(33-23(28-19)20-6-3-13-32-20)29-11-9-15(10-12-29)21(30)27-18-5-2-1-4-17(18)22(31)26-16-7-8-16/h1-6,13,15-16H,7-12H2,(H,26,31)(H,27,30). The molecule has 0 atom stereocenters. The molecule has 0 spiro atoms. The van der Waals surface area contributed by atoms with E-state index in [1.165, 1.54) is 6.26 Å². The monoisotopic (exact) mass is 445 g/mol. The van der Waals surface area contributed by atoms with E-state index in [-0.39, 0.29) is 35.4 Å². The average molecular weight is 445 g/mol. The Bertz CT molecular complexity index is 1200. The van der Waals surface area contributed by atoms with Gasteiger partial charge in [0.1, 0.15) is 6.07 Å². The highest BCUT2D eigenvalue weighted by Crippen LogP contribution is 2.31. The quantitative estimate of drug-likeness (QED) is 0.594. The molecule has 1 aromatic carbocycles. The second-order valence-corrected chi connectivity index (χ2v) is 8.31. The van der Waals surface area contributed by atoms with Gasteiger partial charge in [0.25, 0.3) is 11.8 Å². The number of hydrogen-bond donors (Lipinski definition) is 2. The van der Waals surface area contributed by atoms with Crippen molar-refractivity contribution in [3.8, 4) is 17.7 Å². The number of amides is 2. The summed E-state index contributed by atoms with van der Waals surface area (Å²) in [5.74, 6) is 0.619. The normalized spacial score (nSPS) is 16.3. The minimum absolute atomic E-state index is 0.115. The predicted molar refractivity (Wildman–Crippen MR) is 119 cm³/mol. The summed E-state index contributed by atoms with van der Waals surface area (Å²) in [6, 6.07) is 12.8. The maximum absolute atomic E-state index is 12.9. The Labute approximate surface area is 190 Å². The van der Waals surface area contributed by atoms with Crippen LogP contribution in [0.2, 0.25) is 0 Å². The first-order chi connectivity index (χ1) is 16.1. The number of nitrogens with zero attached hydrogens (tertiary/aromatic N) is 3. The largest absolute Gasteiger partial charge is 0.459 e. The van der Waals surface area contributed by atoms with Gasteiger partial charge in [-0.05, 0) is 49.9 Å². The molecule has 5 rings (SSSR count). The van der Waals surface area contributed by atoms with E-state index in [2.05, 4.69) is 21.7 Å². The fourth-order valence-corrected chi connectivity index (χ4v) is 3.97. The Kier molecular flexibility index (Phi) is 5.57. The molecule has 0 unspecified atom stereocenters. The van der Waals surface area contributed by atoms with Crippen LogP contribution in [0.5, 0.6) is 0 Å². The van der Waals surface area contributed by atoms with E-state index in [4.69, 9.17) is 8.83 Å². The van der Waals surface area contributed by atoms with E-state index >= 15 is 0 Å². The molecule has 2 aromatic heterocycles. The SMILES string of the molecule is N#Cc1nc(-c2ccco2)oc1N1CCC(C(=O)Nc2ccccc2C(=O)NC2CC2)CC1. The van der Waals surface area contributed by atoms with Crippen molar-refractivity contribution in [3.63, 3.8) is 0 Å². The minimum Gasteiger partial charge on any atom is -0.459 e. The van der Waals surface area contributed by atoms with Crippen LogP contribution in [-0.4, -0.2) is 35.9 Å². The van der Waals surface area contributed by atoms with Crippen molar-refractivity contribution < 1.29 is 18.4 Å². The Morgan fingerprint density at radius 1 is 1.09 bits per heavy atom. The van der Waals surface area contributed by atoms with Gasteiger partial charge in [0, 0.05) is 25.0 Å². The lowest BCUT2D eigenvalue weighted by Gasteiger charge is -2.31. The summed E-state index contributed by atoms with van der Waals surface area (Å²) in [4.78, 5) is 31.6. The van der Waals surface area contributed by atoms with E-state index < -0.39 is 0 Å². The second kappa shape index (κ2) is 8.82. The van der Waals surface area contributed by atoms with E-state index in [0.29, 0.717) is 48.8 Å². The van der Waals surface area contributed by atoms with Crippen LogP contribution in [0.4, 0.5) is 11.6 Å². The molecule has 1 saturated heterocycles. The van der Waals surface area contributed by atoms with Crippen molar-refractivity contribution in [1.82, 2.24) is 10.3 Å². The van der Waals surface area contributed by atoms with E-state index in [0.717, 1.165) is 12.8 Å². The lowest BCUT2D eigenvalue weighted by Crippen LogP contribution is -2.38. The zero-order chi connectivity index (χ0) is 22.8. The number of para-hydroxylation sites is 1.